The maximum Gasteiger partial charge on any atom is 0.383 e. The second kappa shape index (κ2) is 13.6. The van der Waals surface area contributed by atoms with Crippen molar-refractivity contribution in [3.05, 3.63) is 119 Å². The van der Waals surface area contributed by atoms with E-state index in [4.69, 9.17) is 4.74 Å². The van der Waals surface area contributed by atoms with Crippen LogP contribution in [0.2, 0.25) is 0 Å². The van der Waals surface area contributed by atoms with Crippen LogP contribution in [0, 0.1) is 29.1 Å². The normalized spacial score (nSPS) is 17.2. The number of unbranched alkanes of at least 4 members (excludes halogenated alkanes) is 2. The predicted molar refractivity (Wildman–Crippen MR) is 157 cm³/mol. The lowest BCUT2D eigenvalue weighted by Gasteiger charge is -2.31. The standard InChI is InChI=1S/C36H33F7O/c1-2-3-4-5-22-6-12-27(13-7-22)36(42,43)44-28-14-8-23(9-15-28)24-10-16-29(31(37)18-24)25-11-17-30(32(38)19-25)26-20-33(39)35(41)34(40)21-26/h6-7,10-13,16-21,23,28H,2-5,8-9,14-15H2,1H3. The Morgan fingerprint density at radius 3 is 1.86 bits per heavy atom. The Balaban J connectivity index is 1.20. The molecule has 5 rings (SSSR count). The van der Waals surface area contributed by atoms with E-state index in [9.17, 15) is 26.3 Å². The molecule has 0 saturated heterocycles. The fraction of sp³-hybridized carbons (Fsp3) is 0.333. The number of aryl methyl sites for hydroxylation is 1. The van der Waals surface area contributed by atoms with E-state index in [-0.39, 0.29) is 33.7 Å². The Morgan fingerprint density at radius 1 is 0.659 bits per heavy atom. The van der Waals surface area contributed by atoms with Crippen LogP contribution in [0.3, 0.4) is 0 Å². The van der Waals surface area contributed by atoms with Crippen LogP contribution in [0.15, 0.2) is 72.8 Å². The van der Waals surface area contributed by atoms with Crippen molar-refractivity contribution < 1.29 is 35.5 Å². The highest BCUT2D eigenvalue weighted by molar-refractivity contribution is 5.71. The largest absolute Gasteiger partial charge is 0.383 e. The smallest absolute Gasteiger partial charge is 0.313 e. The third-order valence-corrected chi connectivity index (χ3v) is 8.39. The van der Waals surface area contributed by atoms with Gasteiger partial charge in [0.1, 0.15) is 11.6 Å². The maximum absolute atomic E-state index is 15.2. The molecule has 0 heterocycles. The summed E-state index contributed by atoms with van der Waals surface area (Å²) in [6.45, 7) is 2.12. The van der Waals surface area contributed by atoms with Crippen molar-refractivity contribution in [2.75, 3.05) is 0 Å². The molecule has 0 bridgehead atoms. The molecule has 44 heavy (non-hydrogen) atoms. The van der Waals surface area contributed by atoms with Gasteiger partial charge in [0.15, 0.2) is 17.5 Å². The number of ether oxygens (including phenoxy) is 1. The second-order valence-electron chi connectivity index (χ2n) is 11.5. The van der Waals surface area contributed by atoms with Crippen molar-refractivity contribution in [1.82, 2.24) is 0 Å². The molecule has 1 aliphatic rings. The third kappa shape index (κ3) is 7.17. The van der Waals surface area contributed by atoms with Gasteiger partial charge in [0, 0.05) is 11.1 Å². The first-order valence-corrected chi connectivity index (χ1v) is 14.9. The minimum Gasteiger partial charge on any atom is -0.313 e. The first kappa shape index (κ1) is 31.8. The van der Waals surface area contributed by atoms with E-state index in [1.807, 2.05) is 0 Å². The zero-order chi connectivity index (χ0) is 31.4. The van der Waals surface area contributed by atoms with Crippen LogP contribution in [0.4, 0.5) is 30.7 Å². The Hall–Kier alpha value is -3.65. The predicted octanol–water partition coefficient (Wildman–Crippen LogP) is 11.2. The van der Waals surface area contributed by atoms with Gasteiger partial charge < -0.3 is 4.74 Å². The average Bonchev–Trinajstić information content (AvgIpc) is 3.00. The molecule has 0 atom stereocenters. The maximum atomic E-state index is 15.2. The van der Waals surface area contributed by atoms with Crippen LogP contribution in [0.5, 0.6) is 0 Å². The lowest BCUT2D eigenvalue weighted by Crippen LogP contribution is -2.29. The van der Waals surface area contributed by atoms with Crippen LogP contribution in [0.1, 0.15) is 74.5 Å². The molecule has 232 valence electrons. The fourth-order valence-electron chi connectivity index (χ4n) is 5.88. The average molecular weight is 615 g/mol. The van der Waals surface area contributed by atoms with Crippen molar-refractivity contribution in [2.24, 2.45) is 0 Å². The van der Waals surface area contributed by atoms with Crippen LogP contribution < -0.4 is 0 Å². The summed E-state index contributed by atoms with van der Waals surface area (Å²) in [6.07, 6.45) is 1.94. The SMILES string of the molecule is CCCCCc1ccc(C(F)(F)OC2CCC(c3ccc(-c4ccc(-c5cc(F)c(F)c(F)c5)c(F)c4)c(F)c3)CC2)cc1. The minimum atomic E-state index is -3.41. The monoisotopic (exact) mass is 614 g/mol. The summed E-state index contributed by atoms with van der Waals surface area (Å²) in [7, 11) is 0. The molecule has 0 spiro atoms. The first-order valence-electron chi connectivity index (χ1n) is 14.9. The molecule has 8 heteroatoms. The number of hydrogen-bond acceptors (Lipinski definition) is 1. The molecule has 4 aromatic carbocycles. The zero-order valence-electron chi connectivity index (χ0n) is 24.3. The summed E-state index contributed by atoms with van der Waals surface area (Å²) in [5.74, 6) is -6.02. The number of alkyl halides is 2. The number of benzene rings is 4. The third-order valence-electron chi connectivity index (χ3n) is 8.39. The summed E-state index contributed by atoms with van der Waals surface area (Å²) in [4.78, 5) is 0. The topological polar surface area (TPSA) is 9.23 Å². The zero-order valence-corrected chi connectivity index (χ0v) is 24.3. The highest BCUT2D eigenvalue weighted by Crippen LogP contribution is 2.40. The molecule has 0 aromatic heterocycles. The summed E-state index contributed by atoms with van der Waals surface area (Å²) in [5, 5.41) is 0. The Kier molecular flexibility index (Phi) is 9.78. The van der Waals surface area contributed by atoms with Gasteiger partial charge >= 0.3 is 6.11 Å². The summed E-state index contributed by atoms with van der Waals surface area (Å²) in [5.41, 5.74) is 1.57. The quantitative estimate of drug-likeness (QED) is 0.0981. The Labute approximate surface area is 252 Å². The summed E-state index contributed by atoms with van der Waals surface area (Å²) in [6, 6.07) is 16.1. The van der Waals surface area contributed by atoms with Gasteiger partial charge in [0.2, 0.25) is 0 Å². The Bertz CT molecular complexity index is 1570. The van der Waals surface area contributed by atoms with Crippen LogP contribution in [0.25, 0.3) is 22.3 Å². The Morgan fingerprint density at radius 2 is 1.25 bits per heavy atom. The molecule has 0 unspecified atom stereocenters. The molecule has 0 amide bonds. The van der Waals surface area contributed by atoms with Gasteiger partial charge in [-0.25, -0.2) is 22.0 Å². The number of hydrogen-bond donors (Lipinski definition) is 0. The molecule has 0 aliphatic heterocycles. The highest BCUT2D eigenvalue weighted by atomic mass is 19.3. The number of rotatable bonds is 10. The molecular formula is C36H33F7O. The molecule has 0 N–H and O–H groups in total. The molecule has 0 radical (unpaired) electrons. The van der Waals surface area contributed by atoms with Gasteiger partial charge in [-0.3, -0.25) is 0 Å². The fourth-order valence-corrected chi connectivity index (χ4v) is 5.88. The van der Waals surface area contributed by atoms with Crippen LogP contribution >= 0.6 is 0 Å². The summed E-state index contributed by atoms with van der Waals surface area (Å²) < 4.78 is 106. The number of halogens is 7. The molecular weight excluding hydrogens is 581 g/mol. The molecule has 1 aliphatic carbocycles. The van der Waals surface area contributed by atoms with E-state index in [0.29, 0.717) is 43.4 Å². The van der Waals surface area contributed by atoms with E-state index in [1.165, 1.54) is 36.4 Å². The van der Waals surface area contributed by atoms with Crippen molar-refractivity contribution in [3.8, 4) is 22.3 Å². The van der Waals surface area contributed by atoms with Crippen molar-refractivity contribution in [2.45, 2.75) is 76.4 Å². The van der Waals surface area contributed by atoms with Gasteiger partial charge in [0.05, 0.1) is 11.7 Å². The van der Waals surface area contributed by atoms with Crippen molar-refractivity contribution in [3.63, 3.8) is 0 Å². The van der Waals surface area contributed by atoms with Gasteiger partial charge in [-0.15, -0.1) is 0 Å². The summed E-state index contributed by atoms with van der Waals surface area (Å²) >= 11 is 0. The lowest BCUT2D eigenvalue weighted by atomic mass is 9.82. The van der Waals surface area contributed by atoms with Gasteiger partial charge in [0.25, 0.3) is 0 Å². The molecule has 1 nitrogen and oxygen atoms in total. The van der Waals surface area contributed by atoms with E-state index < -0.39 is 41.3 Å². The van der Waals surface area contributed by atoms with E-state index >= 15 is 4.39 Å². The van der Waals surface area contributed by atoms with Crippen LogP contribution in [-0.2, 0) is 17.3 Å². The lowest BCUT2D eigenvalue weighted by molar-refractivity contribution is -0.277. The van der Waals surface area contributed by atoms with E-state index in [1.54, 1.807) is 18.2 Å². The highest BCUT2D eigenvalue weighted by Gasteiger charge is 2.37. The van der Waals surface area contributed by atoms with Crippen molar-refractivity contribution in [1.29, 1.82) is 0 Å². The molecule has 1 fully saturated rings. The van der Waals surface area contributed by atoms with Crippen LogP contribution in [-0.4, -0.2) is 6.10 Å². The van der Waals surface area contributed by atoms with E-state index in [0.717, 1.165) is 37.3 Å². The second-order valence-corrected chi connectivity index (χ2v) is 11.5. The van der Waals surface area contributed by atoms with E-state index in [2.05, 4.69) is 6.92 Å². The minimum absolute atomic E-state index is 0.0446. The first-order chi connectivity index (χ1) is 21.1. The van der Waals surface area contributed by atoms with Crippen molar-refractivity contribution >= 4 is 0 Å². The van der Waals surface area contributed by atoms with Gasteiger partial charge in [-0.2, -0.15) is 8.78 Å². The van der Waals surface area contributed by atoms with Gasteiger partial charge in [-0.1, -0.05) is 68.3 Å². The molecule has 1 saturated carbocycles. The van der Waals surface area contributed by atoms with Gasteiger partial charge in [-0.05, 0) is 91.0 Å². The molecule has 4 aromatic rings.